The lowest BCUT2D eigenvalue weighted by Gasteiger charge is -2.25. The Morgan fingerprint density at radius 3 is 2.44 bits per heavy atom. The molecule has 0 unspecified atom stereocenters. The quantitative estimate of drug-likeness (QED) is 0.880. The van der Waals surface area contributed by atoms with E-state index in [4.69, 9.17) is 0 Å². The van der Waals surface area contributed by atoms with Crippen molar-refractivity contribution >= 4 is 5.78 Å². The summed E-state index contributed by atoms with van der Waals surface area (Å²) in [6.45, 7) is 6.56. The van der Waals surface area contributed by atoms with Crippen molar-refractivity contribution in [2.75, 3.05) is 0 Å². The number of ketones is 1. The first-order valence-electron chi connectivity index (χ1n) is 6.23. The van der Waals surface area contributed by atoms with E-state index in [1.165, 1.54) is 5.56 Å². The van der Waals surface area contributed by atoms with Crippen LogP contribution in [0.5, 0.6) is 0 Å². The molecule has 0 aromatic heterocycles. The van der Waals surface area contributed by atoms with Gasteiger partial charge in [-0.3, -0.25) is 4.79 Å². The number of carbonyl (C=O) groups is 1. The van der Waals surface area contributed by atoms with Gasteiger partial charge in [-0.15, -0.1) is 0 Å². The van der Waals surface area contributed by atoms with E-state index in [1.807, 2.05) is 51.1 Å². The van der Waals surface area contributed by atoms with Crippen molar-refractivity contribution in [2.45, 2.75) is 27.3 Å². The Bertz CT molecular complexity index is 509. The first kappa shape index (κ1) is 12.6. The van der Waals surface area contributed by atoms with Gasteiger partial charge in [0.15, 0.2) is 5.78 Å². The minimum absolute atomic E-state index is 0.202. The van der Waals surface area contributed by atoms with E-state index < -0.39 is 5.41 Å². The van der Waals surface area contributed by atoms with Crippen LogP contribution in [0, 0.1) is 5.41 Å². The molecule has 2 heteroatoms. The normalized spacial score (nSPS) is 18.1. The molecule has 0 aliphatic heterocycles. The monoisotopic (exact) mass is 241 g/mol. The lowest BCUT2D eigenvalue weighted by Crippen LogP contribution is -2.28. The number of nitrogens with one attached hydrogen (secondary N) is 1. The third-order valence-electron chi connectivity index (χ3n) is 3.17. The van der Waals surface area contributed by atoms with Gasteiger partial charge in [0.2, 0.25) is 0 Å². The summed E-state index contributed by atoms with van der Waals surface area (Å²) in [6.07, 6.45) is 3.93. The Balaban J connectivity index is 2.09. The highest BCUT2D eigenvalue weighted by Gasteiger charge is 2.29. The smallest absolute Gasteiger partial charge is 0.168 e. The first-order valence-corrected chi connectivity index (χ1v) is 6.23. The molecule has 2 rings (SSSR count). The Morgan fingerprint density at radius 2 is 1.83 bits per heavy atom. The second-order valence-electron chi connectivity index (χ2n) is 5.32. The molecular formula is C16H19NO. The van der Waals surface area contributed by atoms with E-state index in [-0.39, 0.29) is 5.78 Å². The second kappa shape index (κ2) is 4.81. The number of allylic oxidation sites excluding steroid dienone is 3. The van der Waals surface area contributed by atoms with Crippen LogP contribution in [-0.4, -0.2) is 5.78 Å². The molecule has 1 aromatic carbocycles. The number of hydrogen-bond donors (Lipinski definition) is 1. The zero-order valence-corrected chi connectivity index (χ0v) is 11.2. The lowest BCUT2D eigenvalue weighted by atomic mass is 9.80. The number of carbonyl (C=O) groups excluding carboxylic acids is 1. The summed E-state index contributed by atoms with van der Waals surface area (Å²) in [5, 5.41) is 3.38. The van der Waals surface area contributed by atoms with Crippen molar-refractivity contribution < 1.29 is 4.79 Å². The average Bonchev–Trinajstić information content (AvgIpc) is 2.34. The largest absolute Gasteiger partial charge is 0.381 e. The molecule has 0 amide bonds. The zero-order valence-electron chi connectivity index (χ0n) is 11.2. The molecule has 0 atom stereocenters. The number of hydrogen-bond acceptors (Lipinski definition) is 2. The van der Waals surface area contributed by atoms with Gasteiger partial charge in [-0.2, -0.15) is 0 Å². The van der Waals surface area contributed by atoms with Gasteiger partial charge in [-0.1, -0.05) is 30.3 Å². The predicted octanol–water partition coefficient (Wildman–Crippen LogP) is 3.22. The van der Waals surface area contributed by atoms with Crippen LogP contribution in [0.4, 0.5) is 0 Å². The molecule has 2 nitrogen and oxygen atoms in total. The van der Waals surface area contributed by atoms with Crippen LogP contribution in [0.1, 0.15) is 26.3 Å². The van der Waals surface area contributed by atoms with Crippen LogP contribution >= 0.6 is 0 Å². The Labute approximate surface area is 108 Å². The predicted molar refractivity (Wildman–Crippen MR) is 73.9 cm³/mol. The fraction of sp³-hybridized carbons (Fsp3) is 0.312. The lowest BCUT2D eigenvalue weighted by molar-refractivity contribution is -0.121. The summed E-state index contributed by atoms with van der Waals surface area (Å²) in [4.78, 5) is 11.9. The van der Waals surface area contributed by atoms with E-state index in [2.05, 4.69) is 17.4 Å². The first-order chi connectivity index (χ1) is 8.49. The minimum Gasteiger partial charge on any atom is -0.381 e. The van der Waals surface area contributed by atoms with Crippen molar-refractivity contribution in [2.24, 2.45) is 5.41 Å². The van der Waals surface area contributed by atoms with Gasteiger partial charge in [0.25, 0.3) is 0 Å². The van der Waals surface area contributed by atoms with Gasteiger partial charge in [-0.25, -0.2) is 0 Å². The summed E-state index contributed by atoms with van der Waals surface area (Å²) < 4.78 is 0. The summed E-state index contributed by atoms with van der Waals surface area (Å²) in [6, 6.07) is 10.2. The highest BCUT2D eigenvalue weighted by molar-refractivity contribution is 6.01. The second-order valence-corrected chi connectivity index (χ2v) is 5.32. The molecule has 1 aliphatic rings. The fourth-order valence-corrected chi connectivity index (χ4v) is 2.20. The van der Waals surface area contributed by atoms with Gasteiger partial charge in [0.05, 0.1) is 0 Å². The van der Waals surface area contributed by atoms with Crippen LogP contribution in [0.3, 0.4) is 0 Å². The molecular weight excluding hydrogens is 222 g/mol. The van der Waals surface area contributed by atoms with Crippen LogP contribution < -0.4 is 5.32 Å². The van der Waals surface area contributed by atoms with Crippen molar-refractivity contribution in [1.29, 1.82) is 0 Å². The van der Waals surface area contributed by atoms with Crippen molar-refractivity contribution in [3.63, 3.8) is 0 Å². The zero-order chi connectivity index (χ0) is 13.2. The Kier molecular flexibility index (Phi) is 3.37. The topological polar surface area (TPSA) is 29.1 Å². The Hall–Kier alpha value is -1.83. The van der Waals surface area contributed by atoms with Gasteiger partial charge < -0.3 is 5.32 Å². The van der Waals surface area contributed by atoms with Gasteiger partial charge >= 0.3 is 0 Å². The molecule has 1 aromatic rings. The molecule has 0 saturated carbocycles. The SMILES string of the molecule is CC1=CC(NCc2ccccc2)=CC(C)(C)C1=O. The summed E-state index contributed by atoms with van der Waals surface area (Å²) in [5.74, 6) is 0.202. The highest BCUT2D eigenvalue weighted by atomic mass is 16.1. The average molecular weight is 241 g/mol. The van der Waals surface area contributed by atoms with Crippen LogP contribution in [-0.2, 0) is 11.3 Å². The molecule has 1 aliphatic carbocycles. The fourth-order valence-electron chi connectivity index (χ4n) is 2.20. The van der Waals surface area contributed by atoms with Crippen LogP contribution in [0.15, 0.2) is 53.8 Å². The summed E-state index contributed by atoms with van der Waals surface area (Å²) >= 11 is 0. The van der Waals surface area contributed by atoms with Crippen molar-refractivity contribution in [1.82, 2.24) is 5.32 Å². The molecule has 0 fully saturated rings. The van der Waals surface area contributed by atoms with E-state index in [0.29, 0.717) is 0 Å². The summed E-state index contributed by atoms with van der Waals surface area (Å²) in [7, 11) is 0. The molecule has 18 heavy (non-hydrogen) atoms. The van der Waals surface area contributed by atoms with Crippen LogP contribution in [0.2, 0.25) is 0 Å². The number of Topliss-reactive ketones (excluding diaryl/α,β-unsaturated/α-hetero) is 1. The molecule has 1 N–H and O–H groups in total. The molecule has 0 heterocycles. The molecule has 0 bridgehead atoms. The minimum atomic E-state index is -0.405. The van der Waals surface area contributed by atoms with E-state index >= 15 is 0 Å². The third-order valence-corrected chi connectivity index (χ3v) is 3.17. The van der Waals surface area contributed by atoms with Crippen molar-refractivity contribution in [3.8, 4) is 0 Å². The van der Waals surface area contributed by atoms with E-state index in [1.54, 1.807) is 0 Å². The van der Waals surface area contributed by atoms with Crippen molar-refractivity contribution in [3.05, 3.63) is 59.3 Å². The number of benzene rings is 1. The van der Waals surface area contributed by atoms with E-state index in [0.717, 1.165) is 17.8 Å². The molecule has 0 spiro atoms. The standard InChI is InChI=1S/C16H19NO/c1-12-9-14(10-16(2,3)15(12)18)17-11-13-7-5-4-6-8-13/h4-10,17H,11H2,1-3H3. The van der Waals surface area contributed by atoms with Crippen LogP contribution in [0.25, 0.3) is 0 Å². The third kappa shape index (κ3) is 2.70. The number of rotatable bonds is 3. The van der Waals surface area contributed by atoms with Gasteiger partial charge in [0, 0.05) is 17.7 Å². The van der Waals surface area contributed by atoms with Gasteiger partial charge in [-0.05, 0) is 44.1 Å². The van der Waals surface area contributed by atoms with Gasteiger partial charge in [0.1, 0.15) is 0 Å². The van der Waals surface area contributed by atoms with E-state index in [9.17, 15) is 4.79 Å². The molecule has 94 valence electrons. The maximum Gasteiger partial charge on any atom is 0.168 e. The summed E-state index contributed by atoms with van der Waals surface area (Å²) in [5.41, 5.74) is 2.68. The Morgan fingerprint density at radius 1 is 1.17 bits per heavy atom. The maximum atomic E-state index is 11.9. The maximum absolute atomic E-state index is 11.9. The molecule has 0 saturated heterocycles. The highest BCUT2D eigenvalue weighted by Crippen LogP contribution is 2.28. The molecule has 0 radical (unpaired) electrons.